The van der Waals surface area contributed by atoms with Gasteiger partial charge in [-0.15, -0.1) is 3.89 Å². The van der Waals surface area contributed by atoms with Crippen molar-refractivity contribution in [2.75, 3.05) is 17.2 Å². The molecule has 6 nitrogen and oxygen atoms in total. The van der Waals surface area contributed by atoms with Gasteiger partial charge >= 0.3 is 10.2 Å². The second-order valence-electron chi connectivity index (χ2n) is 5.36. The fourth-order valence-electron chi connectivity index (χ4n) is 2.78. The lowest BCUT2D eigenvalue weighted by molar-refractivity contribution is -0.117. The summed E-state index contributed by atoms with van der Waals surface area (Å²) in [5, 5.41) is 0.426. The predicted molar refractivity (Wildman–Crippen MR) is 83.9 cm³/mol. The molecule has 2 aromatic rings. The Morgan fingerprint density at radius 3 is 2.83 bits per heavy atom. The summed E-state index contributed by atoms with van der Waals surface area (Å²) >= 11 is 6.25. The van der Waals surface area contributed by atoms with Crippen LogP contribution >= 0.6 is 11.6 Å². The zero-order valence-electron chi connectivity index (χ0n) is 11.9. The minimum absolute atomic E-state index is 0.0148. The SMILES string of the molecule is O=C1CC(CS(=O)(=O)F)CN1c1cccc(Cl)c1-n1ccnc1. The zero-order valence-corrected chi connectivity index (χ0v) is 13.5. The van der Waals surface area contributed by atoms with Crippen molar-refractivity contribution in [3.8, 4) is 5.69 Å². The number of imidazole rings is 1. The number of carbonyl (C=O) groups is 1. The molecule has 1 aliphatic rings. The van der Waals surface area contributed by atoms with Gasteiger partial charge in [-0.1, -0.05) is 17.7 Å². The van der Waals surface area contributed by atoms with Gasteiger partial charge in [0, 0.05) is 31.3 Å². The van der Waals surface area contributed by atoms with E-state index in [4.69, 9.17) is 11.6 Å². The minimum atomic E-state index is -4.62. The largest absolute Gasteiger partial charge is 0.310 e. The Balaban J connectivity index is 1.97. The fraction of sp³-hybridized carbons (Fsp3) is 0.286. The van der Waals surface area contributed by atoms with Gasteiger partial charge in [0.05, 0.1) is 28.5 Å². The molecule has 122 valence electrons. The van der Waals surface area contributed by atoms with Gasteiger partial charge in [0.1, 0.15) is 0 Å². The first kappa shape index (κ1) is 15.9. The first-order valence-electron chi connectivity index (χ1n) is 6.84. The monoisotopic (exact) mass is 357 g/mol. The molecular weight excluding hydrogens is 345 g/mol. The number of benzene rings is 1. The number of rotatable bonds is 4. The summed E-state index contributed by atoms with van der Waals surface area (Å²) in [6, 6.07) is 5.10. The topological polar surface area (TPSA) is 72.3 Å². The number of anilines is 1. The number of carbonyl (C=O) groups excluding carboxylic acids is 1. The third-order valence-electron chi connectivity index (χ3n) is 3.66. The minimum Gasteiger partial charge on any atom is -0.310 e. The predicted octanol–water partition coefficient (Wildman–Crippen LogP) is 2.18. The van der Waals surface area contributed by atoms with Crippen LogP contribution in [0.25, 0.3) is 5.69 Å². The Kier molecular flexibility index (Phi) is 4.11. The van der Waals surface area contributed by atoms with Crippen LogP contribution in [-0.2, 0) is 15.0 Å². The molecule has 1 fully saturated rings. The quantitative estimate of drug-likeness (QED) is 0.786. The maximum absolute atomic E-state index is 12.9. The molecule has 2 heterocycles. The van der Waals surface area contributed by atoms with Crippen LogP contribution in [0.5, 0.6) is 0 Å². The molecular formula is C14H13ClFN3O3S. The lowest BCUT2D eigenvalue weighted by atomic mass is 10.1. The van der Waals surface area contributed by atoms with Crippen molar-refractivity contribution in [2.24, 2.45) is 5.92 Å². The van der Waals surface area contributed by atoms with Gasteiger partial charge in [0.25, 0.3) is 0 Å². The van der Waals surface area contributed by atoms with Crippen molar-refractivity contribution in [3.63, 3.8) is 0 Å². The lowest BCUT2D eigenvalue weighted by Gasteiger charge is -2.21. The van der Waals surface area contributed by atoms with E-state index in [-0.39, 0.29) is 18.9 Å². The first-order valence-corrected chi connectivity index (χ1v) is 8.78. The number of hydrogen-bond acceptors (Lipinski definition) is 4. The number of halogens is 2. The Morgan fingerprint density at radius 2 is 2.17 bits per heavy atom. The van der Waals surface area contributed by atoms with Crippen LogP contribution < -0.4 is 4.90 Å². The molecule has 1 amide bonds. The molecule has 1 aromatic heterocycles. The van der Waals surface area contributed by atoms with E-state index in [0.29, 0.717) is 16.4 Å². The maximum atomic E-state index is 12.9. The third kappa shape index (κ3) is 3.37. The summed E-state index contributed by atoms with van der Waals surface area (Å²) in [6.45, 7) is 0.129. The Labute approximate surface area is 137 Å². The van der Waals surface area contributed by atoms with Gasteiger partial charge in [0.2, 0.25) is 5.91 Å². The summed E-state index contributed by atoms with van der Waals surface area (Å²) < 4.78 is 36.2. The van der Waals surface area contributed by atoms with Crippen LogP contribution in [0, 0.1) is 5.92 Å². The molecule has 1 aliphatic heterocycles. The maximum Gasteiger partial charge on any atom is 0.302 e. The van der Waals surface area contributed by atoms with E-state index in [1.165, 1.54) is 4.90 Å². The third-order valence-corrected chi connectivity index (χ3v) is 4.83. The van der Waals surface area contributed by atoms with E-state index in [1.54, 1.807) is 41.5 Å². The van der Waals surface area contributed by atoms with Crippen LogP contribution in [0.4, 0.5) is 9.57 Å². The van der Waals surface area contributed by atoms with Crippen LogP contribution in [0.3, 0.4) is 0 Å². The molecule has 0 saturated carbocycles. The molecule has 3 rings (SSSR count). The molecule has 1 saturated heterocycles. The van der Waals surface area contributed by atoms with E-state index < -0.39 is 21.9 Å². The summed E-state index contributed by atoms with van der Waals surface area (Å²) in [4.78, 5) is 17.6. The summed E-state index contributed by atoms with van der Waals surface area (Å²) in [7, 11) is -4.62. The lowest BCUT2D eigenvalue weighted by Crippen LogP contribution is -2.26. The average molecular weight is 358 g/mol. The fourth-order valence-corrected chi connectivity index (χ4v) is 3.83. The normalized spacial score (nSPS) is 18.6. The highest BCUT2D eigenvalue weighted by atomic mass is 35.5. The Bertz CT molecular complexity index is 839. The van der Waals surface area contributed by atoms with Crippen molar-refractivity contribution in [2.45, 2.75) is 6.42 Å². The second kappa shape index (κ2) is 5.93. The Hall–Kier alpha value is -1.93. The standard InChI is InChI=1S/C14H13ClFN3O3S/c15-11-2-1-3-12(14(11)18-5-4-17-9-18)19-7-10(6-13(19)20)8-23(16,21)22/h1-5,9-10H,6-8H2. The van der Waals surface area contributed by atoms with Crippen molar-refractivity contribution < 1.29 is 17.1 Å². The Morgan fingerprint density at radius 1 is 1.39 bits per heavy atom. The first-order chi connectivity index (χ1) is 10.8. The number of aromatic nitrogens is 2. The van der Waals surface area contributed by atoms with Crippen LogP contribution in [0.15, 0.2) is 36.9 Å². The van der Waals surface area contributed by atoms with E-state index in [0.717, 1.165) is 0 Å². The van der Waals surface area contributed by atoms with Crippen LogP contribution in [-0.4, -0.2) is 36.2 Å². The number of nitrogens with zero attached hydrogens (tertiary/aromatic N) is 3. The van der Waals surface area contributed by atoms with Gasteiger partial charge < -0.3 is 9.47 Å². The number of para-hydroxylation sites is 1. The van der Waals surface area contributed by atoms with Gasteiger partial charge in [-0.3, -0.25) is 4.79 Å². The van der Waals surface area contributed by atoms with E-state index in [9.17, 15) is 17.1 Å². The summed E-state index contributed by atoms with van der Waals surface area (Å²) in [5.41, 5.74) is 1.11. The summed E-state index contributed by atoms with van der Waals surface area (Å²) in [5.74, 6) is -1.50. The van der Waals surface area contributed by atoms with Crippen molar-refractivity contribution in [3.05, 3.63) is 41.9 Å². The molecule has 1 atom stereocenters. The highest BCUT2D eigenvalue weighted by molar-refractivity contribution is 7.86. The molecule has 9 heteroatoms. The highest BCUT2D eigenvalue weighted by Gasteiger charge is 2.35. The van der Waals surface area contributed by atoms with Crippen molar-refractivity contribution in [1.82, 2.24) is 9.55 Å². The summed E-state index contributed by atoms with van der Waals surface area (Å²) in [6.07, 6.45) is 4.81. The molecule has 0 spiro atoms. The molecule has 23 heavy (non-hydrogen) atoms. The van der Waals surface area contributed by atoms with Crippen LogP contribution in [0.2, 0.25) is 5.02 Å². The van der Waals surface area contributed by atoms with Gasteiger partial charge in [-0.25, -0.2) is 4.98 Å². The van der Waals surface area contributed by atoms with Crippen molar-refractivity contribution >= 4 is 33.4 Å². The van der Waals surface area contributed by atoms with E-state index in [1.807, 2.05) is 0 Å². The van der Waals surface area contributed by atoms with Gasteiger partial charge in [-0.2, -0.15) is 8.42 Å². The van der Waals surface area contributed by atoms with E-state index >= 15 is 0 Å². The molecule has 0 N–H and O–H groups in total. The number of amides is 1. The molecule has 0 aliphatic carbocycles. The van der Waals surface area contributed by atoms with Gasteiger partial charge in [0.15, 0.2) is 0 Å². The van der Waals surface area contributed by atoms with Gasteiger partial charge in [-0.05, 0) is 12.1 Å². The molecule has 0 bridgehead atoms. The highest BCUT2D eigenvalue weighted by Crippen LogP contribution is 2.35. The van der Waals surface area contributed by atoms with Crippen molar-refractivity contribution in [1.29, 1.82) is 0 Å². The average Bonchev–Trinajstić information content (AvgIpc) is 3.06. The van der Waals surface area contributed by atoms with Crippen LogP contribution in [0.1, 0.15) is 6.42 Å². The second-order valence-corrected chi connectivity index (χ2v) is 7.18. The van der Waals surface area contributed by atoms with E-state index in [2.05, 4.69) is 4.98 Å². The number of hydrogen-bond donors (Lipinski definition) is 0. The molecule has 1 unspecified atom stereocenters. The molecule has 1 aromatic carbocycles. The molecule has 0 radical (unpaired) electrons. The zero-order chi connectivity index (χ0) is 16.6. The smallest absolute Gasteiger partial charge is 0.302 e.